The maximum atomic E-state index is 15.8. The zero-order valence-electron chi connectivity index (χ0n) is 66.9. The van der Waals surface area contributed by atoms with E-state index in [-0.39, 0.29) is 45.1 Å². The zero-order valence-corrected chi connectivity index (χ0v) is 66.9. The molecule has 1 aliphatic carbocycles. The number of nitrogens with one attached hydrogen (secondary N) is 1. The third kappa shape index (κ3) is 23.8. The number of amides is 1. The Morgan fingerprint density at radius 1 is 0.526 bits per heavy atom. The van der Waals surface area contributed by atoms with Gasteiger partial charge in [-0.25, -0.2) is 0 Å². The average molecular weight is 1330 g/mol. The second kappa shape index (κ2) is 42.2. The van der Waals surface area contributed by atoms with Crippen molar-refractivity contribution in [1.29, 1.82) is 0 Å². The molecule has 2 aromatic carbocycles. The summed E-state index contributed by atoms with van der Waals surface area (Å²) >= 11 is 0. The molecule has 4 aliphatic rings. The Labute approximate surface area is 602 Å². The summed E-state index contributed by atoms with van der Waals surface area (Å²) in [6.45, 7) is 41.9. The van der Waals surface area contributed by atoms with Crippen molar-refractivity contribution in [3.63, 3.8) is 0 Å². The molecule has 548 valence electrons. The van der Waals surface area contributed by atoms with Gasteiger partial charge in [-0.3, -0.25) is 4.79 Å². The van der Waals surface area contributed by atoms with Crippen molar-refractivity contribution in [2.75, 3.05) is 6.54 Å². The van der Waals surface area contributed by atoms with Gasteiger partial charge in [0.15, 0.2) is 0 Å². The van der Waals surface area contributed by atoms with Gasteiger partial charge in [-0.15, -0.1) is 0 Å². The monoisotopic (exact) mass is 1330 g/mol. The van der Waals surface area contributed by atoms with E-state index >= 15 is 4.79 Å². The highest BCUT2D eigenvalue weighted by Gasteiger charge is 2.53. The summed E-state index contributed by atoms with van der Waals surface area (Å²) in [4.78, 5) is 18.1. The molecule has 0 bridgehead atoms. The Kier molecular flexibility index (Phi) is 35.9. The molecule has 97 heavy (non-hydrogen) atoms. The van der Waals surface area contributed by atoms with Crippen LogP contribution in [0.1, 0.15) is 427 Å². The number of unbranched alkanes of at least 4 members (excludes halogenated alkanes) is 36. The smallest absolute Gasteiger partial charge is 0.236 e. The number of hydrogen-bond acceptors (Lipinski definition) is 2. The van der Waals surface area contributed by atoms with Crippen LogP contribution in [0.5, 0.6) is 0 Å². The third-order valence-corrected chi connectivity index (χ3v) is 24.9. The first-order valence-corrected chi connectivity index (χ1v) is 42.6. The Bertz CT molecular complexity index is 2710. The van der Waals surface area contributed by atoms with Gasteiger partial charge in [-0.2, -0.15) is 0 Å². The molecule has 1 fully saturated rings. The van der Waals surface area contributed by atoms with Gasteiger partial charge in [-0.05, 0) is 119 Å². The topological polar surface area (TPSA) is 32.3 Å². The second-order valence-electron chi connectivity index (χ2n) is 34.9. The number of hydrogen-bond donors (Lipinski definition) is 1. The van der Waals surface area contributed by atoms with Gasteiger partial charge in [0, 0.05) is 35.0 Å². The minimum Gasteiger partial charge on any atom is -0.311 e. The van der Waals surface area contributed by atoms with E-state index in [1.807, 2.05) is 0 Å². The third-order valence-electron chi connectivity index (χ3n) is 24.9. The molecule has 1 N–H and O–H groups in total. The number of carbonyl (C=O) groups excluding carboxylic acids is 1. The van der Waals surface area contributed by atoms with Crippen molar-refractivity contribution in [3.8, 4) is 11.1 Å². The van der Waals surface area contributed by atoms with Crippen LogP contribution >= 0.6 is 0 Å². The van der Waals surface area contributed by atoms with Crippen molar-refractivity contribution in [1.82, 2.24) is 10.2 Å². The lowest BCUT2D eigenvalue weighted by molar-refractivity contribution is -0.129. The molecule has 0 aromatic heterocycles. The molecule has 0 spiro atoms. The van der Waals surface area contributed by atoms with E-state index < -0.39 is 0 Å². The molecule has 0 radical (unpaired) electrons. The minimum absolute atomic E-state index is 0.0185. The van der Waals surface area contributed by atoms with Crippen molar-refractivity contribution >= 4 is 17.7 Å². The molecular weight excluding hydrogens is 1170 g/mol. The summed E-state index contributed by atoms with van der Waals surface area (Å²) < 4.78 is 0. The summed E-state index contributed by atoms with van der Waals surface area (Å²) in [5.74, 6) is 0.0528. The van der Waals surface area contributed by atoms with Crippen molar-refractivity contribution in [3.05, 3.63) is 105 Å². The Morgan fingerprint density at radius 2 is 0.948 bits per heavy atom. The molecule has 3 nitrogen and oxygen atoms in total. The molecule has 1 amide bonds. The van der Waals surface area contributed by atoms with Crippen LogP contribution in [0.2, 0.25) is 0 Å². The van der Waals surface area contributed by atoms with Crippen LogP contribution in [0.4, 0.5) is 0 Å². The first kappa shape index (κ1) is 82.5. The molecule has 0 saturated carbocycles. The first-order chi connectivity index (χ1) is 46.7. The van der Waals surface area contributed by atoms with Gasteiger partial charge < -0.3 is 10.2 Å². The standard InChI is InChI=1S/C94H156N2O/c1-17-23-27-31-35-39-43-47-51-55-63-93(79(22-6)73-92(15,16)91(12,13)14,64-56-52-48-44-40-36-32-28-24-18-2)78(21-5)69-74(7)87-86-85(75(8)95-87)88-81-72-84-82(71-77(81)62-68-96(88)89(86)97)80-60-59-76(61-67-90(9,10)11)70-83(80)94(84,65-57-53-49-45-41-37-33-29-25-19-3)66-58-54-50-46-42-38-34-30-26-20-4/h59-61,67,69-73,75,86-87,95H,7,17-58,62-66,68H2,1-6,8-16H3/b67-61+,78-69+,79-73+. The summed E-state index contributed by atoms with van der Waals surface area (Å²) in [5.41, 5.74) is 17.2. The fraction of sp³-hybridized carbons (Fsp3) is 0.755. The van der Waals surface area contributed by atoms with Crippen LogP contribution < -0.4 is 5.32 Å². The molecule has 2 aromatic rings. The Hall–Kier alpha value is -3.43. The van der Waals surface area contributed by atoms with Crippen LogP contribution in [0.3, 0.4) is 0 Å². The van der Waals surface area contributed by atoms with Gasteiger partial charge >= 0.3 is 0 Å². The first-order valence-electron chi connectivity index (χ1n) is 42.6. The fourth-order valence-electron chi connectivity index (χ4n) is 17.9. The van der Waals surface area contributed by atoms with Gasteiger partial charge in [0.1, 0.15) is 0 Å². The average Bonchev–Trinajstić information content (AvgIpc) is 1.55. The van der Waals surface area contributed by atoms with E-state index in [1.165, 1.54) is 322 Å². The van der Waals surface area contributed by atoms with Crippen molar-refractivity contribution in [2.24, 2.45) is 27.6 Å². The molecule has 1 saturated heterocycles. The summed E-state index contributed by atoms with van der Waals surface area (Å²) in [7, 11) is 0. The number of rotatable bonds is 52. The number of allylic oxidation sites excluding steroid dienone is 4. The number of fused-ring (bicyclic) bond motifs is 7. The minimum atomic E-state index is -0.247. The molecule has 3 aliphatic heterocycles. The second-order valence-corrected chi connectivity index (χ2v) is 34.9. The Balaban J connectivity index is 1.40. The molecule has 3 heterocycles. The van der Waals surface area contributed by atoms with Gasteiger partial charge in [0.2, 0.25) is 5.91 Å². The maximum absolute atomic E-state index is 15.8. The highest BCUT2D eigenvalue weighted by Crippen LogP contribution is 2.58. The van der Waals surface area contributed by atoms with Gasteiger partial charge in [-0.1, -0.05) is 420 Å². The molecule has 3 heteroatoms. The molecular formula is C94H156N2O. The van der Waals surface area contributed by atoms with E-state index in [4.69, 9.17) is 6.58 Å². The summed E-state index contributed by atoms with van der Waals surface area (Å²) in [5, 5.41) is 4.17. The van der Waals surface area contributed by atoms with Crippen LogP contribution in [-0.4, -0.2) is 29.4 Å². The van der Waals surface area contributed by atoms with E-state index in [2.05, 4.69) is 169 Å². The normalized spacial score (nSPS) is 18.0. The van der Waals surface area contributed by atoms with Crippen LogP contribution in [0.25, 0.3) is 22.9 Å². The Morgan fingerprint density at radius 3 is 1.37 bits per heavy atom. The van der Waals surface area contributed by atoms with Crippen molar-refractivity contribution in [2.45, 2.75) is 423 Å². The summed E-state index contributed by atoms with van der Waals surface area (Å²) in [6.07, 6.45) is 72.2. The quantitative estimate of drug-likeness (QED) is 0.0407. The molecule has 3 atom stereocenters. The lowest BCUT2D eigenvalue weighted by atomic mass is 9.61. The summed E-state index contributed by atoms with van der Waals surface area (Å²) in [6, 6.07) is 12.8. The van der Waals surface area contributed by atoms with Crippen LogP contribution in [0, 0.1) is 27.6 Å². The molecule has 6 rings (SSSR count). The van der Waals surface area contributed by atoms with E-state index in [9.17, 15) is 0 Å². The predicted molar refractivity (Wildman–Crippen MR) is 431 cm³/mol. The van der Waals surface area contributed by atoms with Crippen molar-refractivity contribution < 1.29 is 4.79 Å². The number of benzene rings is 2. The highest BCUT2D eigenvalue weighted by molar-refractivity contribution is 6.02. The van der Waals surface area contributed by atoms with E-state index in [1.54, 1.807) is 22.3 Å². The van der Waals surface area contributed by atoms with Gasteiger partial charge in [0.25, 0.3) is 0 Å². The lowest BCUT2D eigenvalue weighted by Gasteiger charge is -2.44. The van der Waals surface area contributed by atoms with Crippen LogP contribution in [-0.2, 0) is 16.6 Å². The largest absolute Gasteiger partial charge is 0.311 e. The molecule has 3 unspecified atom stereocenters. The maximum Gasteiger partial charge on any atom is 0.236 e. The SMILES string of the molecule is C=C(/C=C(\CC)C(CCCCCCCCCCCC)(CCCCCCCCCCCC)/C(=C/C(C)(C)C(C)(C)C)CC)C1NC(C)C2=C3c4cc5c(cc4CCN3C(=O)C21)-c1ccc(/C=C/C(C)(C)C)cc1C5(CCCCCCCCCCCC)CCCCCCCCCCCC. The highest BCUT2D eigenvalue weighted by atomic mass is 16.2. The lowest BCUT2D eigenvalue weighted by Crippen LogP contribution is -2.41. The fourth-order valence-corrected chi connectivity index (χ4v) is 17.9. The van der Waals surface area contributed by atoms with Gasteiger partial charge in [0.05, 0.1) is 11.6 Å². The van der Waals surface area contributed by atoms with E-state index in [0.717, 1.165) is 31.4 Å². The van der Waals surface area contributed by atoms with E-state index in [0.29, 0.717) is 5.91 Å². The number of nitrogens with zero attached hydrogens (tertiary/aromatic N) is 1. The predicted octanol–water partition coefficient (Wildman–Crippen LogP) is 29.6. The van der Waals surface area contributed by atoms with Crippen LogP contribution in [0.15, 0.2) is 77.4 Å². The number of carbonyl (C=O) groups is 1. The zero-order chi connectivity index (χ0) is 70.3.